The number of rotatable bonds is 16. The van der Waals surface area contributed by atoms with E-state index in [4.69, 9.17) is 28.9 Å². The number of phenolic OH excluding ortho intramolecular Hbond substituents is 1. The van der Waals surface area contributed by atoms with Crippen LogP contribution in [0, 0.1) is 24.1 Å². The zero-order valence-corrected chi connectivity index (χ0v) is 50.5. The average Bonchev–Trinajstić information content (AvgIpc) is 1.56. The Labute approximate surface area is 503 Å². The van der Waals surface area contributed by atoms with Crippen molar-refractivity contribution in [3.8, 4) is 33.5 Å². The number of aromatic hydroxyl groups is 1. The number of phenols is 1. The summed E-state index contributed by atoms with van der Waals surface area (Å²) in [5.41, 5.74) is 6.13. The fraction of sp³-hybridized carbons (Fsp3) is 0.508. The molecule has 6 aliphatic rings. The number of aryl methyl sites for hydroxylation is 2. The van der Waals surface area contributed by atoms with E-state index >= 15 is 4.39 Å². The Hall–Kier alpha value is -7.49. The highest BCUT2D eigenvalue weighted by atomic mass is 32.1. The van der Waals surface area contributed by atoms with Gasteiger partial charge in [0, 0.05) is 81.5 Å². The van der Waals surface area contributed by atoms with Gasteiger partial charge in [-0.1, -0.05) is 81.2 Å². The van der Waals surface area contributed by atoms with Crippen molar-refractivity contribution in [2.75, 3.05) is 75.4 Å². The van der Waals surface area contributed by atoms with Crippen molar-refractivity contribution in [1.82, 2.24) is 45.1 Å². The first kappa shape index (κ1) is 57.6. The third-order valence-electron chi connectivity index (χ3n) is 19.2. The summed E-state index contributed by atoms with van der Waals surface area (Å²) >= 11 is 1.58. The summed E-state index contributed by atoms with van der Waals surface area (Å²) in [6, 6.07) is 17.9. The molecule has 3 N–H and O–H groups in total. The normalized spacial score (nSPS) is 22.7. The standard InChI is InChI=1S/C65H76FN11O8S/c1-6-41-13-11-14-44-25-46(78)26-48(54(41)44)56-55(66)57-49(29-67-56)59(73-22-9-7-8-10-23-73)71-62(70-57)84-36-65-20-12-24-77(65)45(19-21-65)31-83-63(82)75-34-64(35-75)32-74(33-64)52-28-51(85-72-52)53(38(2)3)61(81)76-30-47(79)27-50(76)60(80)69-39(4)42-15-17-43(18-16-42)58-40(5)68-37-86-58/h11,13-18,25-26,28-29,37-39,45,47,50,53,78-79H,6-10,12,19-24,27,30-36H2,1-5H3,(H,69,80)/t39-,45-,47+,50-,53-,65+/m0/s1. The van der Waals surface area contributed by atoms with Crippen LogP contribution in [0.25, 0.3) is 43.4 Å². The van der Waals surface area contributed by atoms with E-state index in [0.717, 1.165) is 115 Å². The number of β-amino-alcohol motifs (C(OH)–C–C–N with tert-alkyl or cyclic N) is 1. The molecule has 21 heteroatoms. The smallest absolute Gasteiger partial charge is 0.409 e. The minimum Gasteiger partial charge on any atom is -0.508 e. The van der Waals surface area contributed by atoms with Gasteiger partial charge in [0.05, 0.1) is 39.2 Å². The Balaban J connectivity index is 0.617. The van der Waals surface area contributed by atoms with Gasteiger partial charge in [-0.2, -0.15) is 9.97 Å². The molecule has 6 saturated heterocycles. The summed E-state index contributed by atoms with van der Waals surface area (Å²) in [5, 5.41) is 31.3. The van der Waals surface area contributed by atoms with Crippen LogP contribution in [0.1, 0.15) is 120 Å². The Morgan fingerprint density at radius 1 is 0.930 bits per heavy atom. The number of carbonyl (C=O) groups excluding carboxylic acids is 3. The maximum Gasteiger partial charge on any atom is 0.409 e. The summed E-state index contributed by atoms with van der Waals surface area (Å²) in [4.78, 5) is 71.9. The average molecular weight is 1190 g/mol. The van der Waals surface area contributed by atoms with E-state index in [-0.39, 0.29) is 89.4 Å². The van der Waals surface area contributed by atoms with E-state index in [1.807, 2.05) is 81.7 Å². The lowest BCUT2D eigenvalue weighted by Gasteiger charge is -2.59. The second-order valence-electron chi connectivity index (χ2n) is 25.4. The SMILES string of the molecule is CCc1cccc2cc(O)cc(-c3ncc4c(N5CCCCCC5)nc(OC[C@]56CCCN5[C@H](COC(=O)N5CC7(C5)CN(c5cc([C@@H](C(=O)N8C[C@H](O)C[C@H]8C(=O)N[C@@H](C)c8ccc(-c9scnc9C)cc8)C(C)C)on5)C7)CC6)nc4c3F)c12. The van der Waals surface area contributed by atoms with E-state index in [1.54, 1.807) is 34.6 Å². The van der Waals surface area contributed by atoms with Crippen molar-refractivity contribution in [1.29, 1.82) is 0 Å². The largest absolute Gasteiger partial charge is 0.508 e. The second kappa shape index (κ2) is 23.3. The summed E-state index contributed by atoms with van der Waals surface area (Å²) in [7, 11) is 0. The minimum absolute atomic E-state index is 0.0134. The van der Waals surface area contributed by atoms with Crippen LogP contribution in [-0.2, 0) is 20.7 Å². The number of amides is 3. The molecule has 7 aromatic rings. The molecule has 0 unspecified atom stereocenters. The van der Waals surface area contributed by atoms with Gasteiger partial charge in [-0.05, 0) is 111 Å². The van der Waals surface area contributed by atoms with Gasteiger partial charge >= 0.3 is 12.1 Å². The number of hydrogen-bond acceptors (Lipinski definition) is 17. The van der Waals surface area contributed by atoms with Crippen molar-refractivity contribution in [3.63, 3.8) is 0 Å². The van der Waals surface area contributed by atoms with E-state index < -0.39 is 23.9 Å². The number of carbonyl (C=O) groups is 3. The molecule has 0 aliphatic carbocycles. The number of aliphatic hydroxyl groups excluding tert-OH is 1. The van der Waals surface area contributed by atoms with Crippen LogP contribution in [0.15, 0.2) is 76.9 Å². The summed E-state index contributed by atoms with van der Waals surface area (Å²) in [5.74, 6) is -0.478. The van der Waals surface area contributed by atoms with Gasteiger partial charge in [-0.3, -0.25) is 19.5 Å². The maximum absolute atomic E-state index is 17.3. The van der Waals surface area contributed by atoms with Crippen LogP contribution >= 0.6 is 11.3 Å². The molecule has 86 heavy (non-hydrogen) atoms. The van der Waals surface area contributed by atoms with Gasteiger partial charge in [0.15, 0.2) is 17.4 Å². The topological polar surface area (TPSA) is 216 Å². The zero-order valence-electron chi connectivity index (χ0n) is 49.6. The molecular weight excluding hydrogens is 1110 g/mol. The fourth-order valence-electron chi connectivity index (χ4n) is 14.7. The lowest BCUT2D eigenvalue weighted by Crippen LogP contribution is -2.73. The Kier molecular flexibility index (Phi) is 15.6. The summed E-state index contributed by atoms with van der Waals surface area (Å²) in [6.45, 7) is 15.2. The second-order valence-corrected chi connectivity index (χ2v) is 26.2. The van der Waals surface area contributed by atoms with Crippen molar-refractivity contribution in [2.45, 2.75) is 135 Å². The highest BCUT2D eigenvalue weighted by molar-refractivity contribution is 7.13. The van der Waals surface area contributed by atoms with Crippen LogP contribution < -0.4 is 19.9 Å². The lowest BCUT2D eigenvalue weighted by atomic mass is 9.73. The number of likely N-dealkylation sites (tertiary alicyclic amines) is 2. The van der Waals surface area contributed by atoms with Crippen LogP contribution in [0.4, 0.5) is 20.8 Å². The minimum atomic E-state index is -0.850. The molecule has 6 fully saturated rings. The molecular formula is C65H76FN11O8S. The first-order valence-electron chi connectivity index (χ1n) is 30.8. The third-order valence-corrected chi connectivity index (χ3v) is 20.2. The summed E-state index contributed by atoms with van der Waals surface area (Å²) < 4.78 is 35.9. The van der Waals surface area contributed by atoms with Gasteiger partial charge in [0.2, 0.25) is 11.8 Å². The van der Waals surface area contributed by atoms with E-state index in [0.29, 0.717) is 61.1 Å². The molecule has 452 valence electrons. The number of fused-ring (bicyclic) bond motifs is 3. The van der Waals surface area contributed by atoms with Crippen LogP contribution in [0.2, 0.25) is 0 Å². The van der Waals surface area contributed by atoms with Gasteiger partial charge < -0.3 is 49.1 Å². The quantitative estimate of drug-likeness (QED) is 0.0820. The van der Waals surface area contributed by atoms with Gasteiger partial charge in [-0.15, -0.1) is 11.3 Å². The van der Waals surface area contributed by atoms with Gasteiger partial charge in [0.1, 0.15) is 48.0 Å². The highest BCUT2D eigenvalue weighted by Crippen LogP contribution is 2.46. The number of nitrogens with zero attached hydrogens (tertiary/aromatic N) is 10. The number of thiazole rings is 1. The Morgan fingerprint density at radius 3 is 2.47 bits per heavy atom. The lowest BCUT2D eigenvalue weighted by molar-refractivity contribution is -0.141. The molecule has 4 aromatic heterocycles. The van der Waals surface area contributed by atoms with Crippen molar-refractivity contribution in [2.24, 2.45) is 11.3 Å². The number of benzene rings is 3. The summed E-state index contributed by atoms with van der Waals surface area (Å²) in [6.07, 6.45) is 9.10. The number of halogens is 1. The van der Waals surface area contributed by atoms with Crippen LogP contribution in [-0.4, -0.2) is 157 Å². The molecule has 1 spiro atoms. The molecule has 13 rings (SSSR count). The zero-order chi connectivity index (χ0) is 59.6. The first-order chi connectivity index (χ1) is 41.6. The number of aliphatic hydroxyl groups is 1. The molecule has 3 amide bonds. The monoisotopic (exact) mass is 1190 g/mol. The number of anilines is 2. The van der Waals surface area contributed by atoms with Crippen molar-refractivity contribution in [3.05, 3.63) is 101 Å². The molecule has 10 heterocycles. The predicted octanol–water partition coefficient (Wildman–Crippen LogP) is 9.97. The number of ether oxygens (including phenoxy) is 2. The molecule has 6 atom stereocenters. The van der Waals surface area contributed by atoms with Crippen LogP contribution in [0.5, 0.6) is 11.8 Å². The van der Waals surface area contributed by atoms with E-state index in [9.17, 15) is 24.6 Å². The first-order valence-corrected chi connectivity index (χ1v) is 31.6. The van der Waals surface area contributed by atoms with E-state index in [1.165, 1.54) is 4.90 Å². The number of aromatic nitrogens is 5. The molecule has 0 radical (unpaired) electrons. The van der Waals surface area contributed by atoms with Crippen molar-refractivity contribution >= 4 is 62.6 Å². The number of nitrogens with one attached hydrogen (secondary N) is 1. The molecule has 6 aliphatic heterocycles. The maximum atomic E-state index is 17.3. The van der Waals surface area contributed by atoms with Crippen LogP contribution in [0.3, 0.4) is 0 Å². The van der Waals surface area contributed by atoms with Gasteiger partial charge in [-0.25, -0.2) is 14.2 Å². The Bertz CT molecular complexity index is 3690. The van der Waals surface area contributed by atoms with Gasteiger partial charge in [0.25, 0.3) is 0 Å². The molecule has 0 bridgehead atoms. The number of hydrogen-bond donors (Lipinski definition) is 3. The van der Waals surface area contributed by atoms with Crippen molar-refractivity contribution < 1.29 is 43.0 Å². The van der Waals surface area contributed by atoms with E-state index in [2.05, 4.69) is 37.1 Å². The Morgan fingerprint density at radius 2 is 1.72 bits per heavy atom. The number of pyridine rings is 1. The fourth-order valence-corrected chi connectivity index (χ4v) is 15.5. The highest BCUT2D eigenvalue weighted by Gasteiger charge is 2.55. The molecule has 19 nitrogen and oxygen atoms in total. The molecule has 3 aromatic carbocycles. The third kappa shape index (κ3) is 10.7. The molecule has 0 saturated carbocycles. The predicted molar refractivity (Wildman–Crippen MR) is 326 cm³/mol.